The highest BCUT2D eigenvalue weighted by atomic mass is 16.1. The highest BCUT2D eigenvalue weighted by Gasteiger charge is 2.11. The van der Waals surface area contributed by atoms with E-state index in [1.807, 2.05) is 12.1 Å². The third-order valence-corrected chi connectivity index (χ3v) is 1.90. The van der Waals surface area contributed by atoms with Crippen molar-refractivity contribution in [1.82, 2.24) is 10.3 Å². The average molecular weight is 206 g/mol. The molecular formula is C12H18N2O. The third-order valence-electron chi connectivity index (χ3n) is 1.90. The summed E-state index contributed by atoms with van der Waals surface area (Å²) in [5, 5.41) is 2.90. The normalized spacial score (nSPS) is 11.1. The summed E-state index contributed by atoms with van der Waals surface area (Å²) >= 11 is 0. The summed E-state index contributed by atoms with van der Waals surface area (Å²) in [6.45, 7) is 6.98. The van der Waals surface area contributed by atoms with Crippen molar-refractivity contribution in [3.63, 3.8) is 0 Å². The molecule has 0 saturated heterocycles. The lowest BCUT2D eigenvalue weighted by Crippen LogP contribution is -2.33. The minimum Gasteiger partial charge on any atom is -0.355 e. The molecule has 0 radical (unpaired) electrons. The van der Waals surface area contributed by atoms with Crippen LogP contribution >= 0.6 is 0 Å². The zero-order chi connectivity index (χ0) is 11.3. The monoisotopic (exact) mass is 206 g/mol. The number of aromatic nitrogens is 1. The number of nitrogens with one attached hydrogen (secondary N) is 1. The summed E-state index contributed by atoms with van der Waals surface area (Å²) in [6, 6.07) is 3.75. The lowest BCUT2D eigenvalue weighted by atomic mass is 9.97. The Bertz CT molecular complexity index is 314. The van der Waals surface area contributed by atoms with Crippen LogP contribution < -0.4 is 5.32 Å². The van der Waals surface area contributed by atoms with Crippen molar-refractivity contribution in [3.05, 3.63) is 30.1 Å². The van der Waals surface area contributed by atoms with Crippen LogP contribution in [0.25, 0.3) is 0 Å². The van der Waals surface area contributed by atoms with Gasteiger partial charge in [-0.15, -0.1) is 0 Å². The van der Waals surface area contributed by atoms with Crippen LogP contribution in [0.2, 0.25) is 0 Å². The molecule has 0 aliphatic heterocycles. The number of hydrogen-bond acceptors (Lipinski definition) is 2. The summed E-state index contributed by atoms with van der Waals surface area (Å²) in [5.74, 6) is 0.0536. The molecule has 0 aromatic carbocycles. The number of rotatable bonds is 3. The molecule has 82 valence electrons. The van der Waals surface area contributed by atoms with E-state index < -0.39 is 0 Å². The first-order valence-electron chi connectivity index (χ1n) is 5.13. The van der Waals surface area contributed by atoms with Crippen molar-refractivity contribution < 1.29 is 4.79 Å². The van der Waals surface area contributed by atoms with Gasteiger partial charge in [-0.05, 0) is 17.0 Å². The van der Waals surface area contributed by atoms with Crippen LogP contribution in [0, 0.1) is 5.41 Å². The lowest BCUT2D eigenvalue weighted by molar-refractivity contribution is -0.120. The van der Waals surface area contributed by atoms with E-state index in [9.17, 15) is 4.79 Å². The first-order valence-corrected chi connectivity index (χ1v) is 5.13. The van der Waals surface area contributed by atoms with Crippen LogP contribution in [0.3, 0.4) is 0 Å². The van der Waals surface area contributed by atoms with Gasteiger partial charge in [0.2, 0.25) is 5.91 Å². The first kappa shape index (κ1) is 11.7. The smallest absolute Gasteiger partial charge is 0.224 e. The molecule has 0 fully saturated rings. The molecule has 0 atom stereocenters. The van der Waals surface area contributed by atoms with Gasteiger partial charge in [-0.1, -0.05) is 26.8 Å². The Labute approximate surface area is 90.9 Å². The van der Waals surface area contributed by atoms with E-state index in [1.165, 1.54) is 0 Å². The van der Waals surface area contributed by atoms with Gasteiger partial charge in [-0.2, -0.15) is 0 Å². The molecule has 3 heteroatoms. The average Bonchev–Trinajstić information content (AvgIpc) is 2.15. The van der Waals surface area contributed by atoms with Crippen molar-refractivity contribution in [2.24, 2.45) is 5.41 Å². The fourth-order valence-corrected chi connectivity index (χ4v) is 1.11. The number of nitrogens with zero attached hydrogens (tertiary/aromatic N) is 1. The predicted molar refractivity (Wildman–Crippen MR) is 60.4 cm³/mol. The number of hydrogen-bond donors (Lipinski definition) is 1. The molecule has 1 aromatic heterocycles. The maximum Gasteiger partial charge on any atom is 0.224 e. The highest BCUT2D eigenvalue weighted by molar-refractivity contribution is 5.78. The Balaban J connectivity index is 2.38. The van der Waals surface area contributed by atoms with Crippen molar-refractivity contribution in [1.29, 1.82) is 0 Å². The van der Waals surface area contributed by atoms with E-state index in [2.05, 4.69) is 31.1 Å². The van der Waals surface area contributed by atoms with Gasteiger partial charge in [0.1, 0.15) is 0 Å². The molecule has 0 aliphatic rings. The van der Waals surface area contributed by atoms with E-state index in [4.69, 9.17) is 0 Å². The molecule has 0 saturated carbocycles. The van der Waals surface area contributed by atoms with E-state index in [0.29, 0.717) is 13.0 Å². The van der Waals surface area contributed by atoms with E-state index in [0.717, 1.165) is 5.56 Å². The molecule has 1 N–H and O–H groups in total. The molecule has 1 aromatic rings. The molecule has 0 spiro atoms. The predicted octanol–water partition coefficient (Wildman–Crippen LogP) is 1.79. The number of carbonyl (C=O) groups is 1. The first-order chi connectivity index (χ1) is 6.97. The summed E-state index contributed by atoms with van der Waals surface area (Å²) in [6.07, 6.45) is 3.83. The van der Waals surface area contributed by atoms with Crippen LogP contribution in [0.4, 0.5) is 0 Å². The Morgan fingerprint density at radius 3 is 2.73 bits per heavy atom. The molecule has 1 rings (SSSR count). The topological polar surface area (TPSA) is 42.0 Å². The minimum atomic E-state index is 0.0536. The van der Waals surface area contributed by atoms with Gasteiger partial charge >= 0.3 is 0 Å². The van der Waals surface area contributed by atoms with Crippen LogP contribution in [0.1, 0.15) is 26.3 Å². The summed E-state index contributed by atoms with van der Waals surface area (Å²) in [7, 11) is 0. The Hall–Kier alpha value is -1.38. The van der Waals surface area contributed by atoms with E-state index in [-0.39, 0.29) is 11.3 Å². The van der Waals surface area contributed by atoms with Gasteiger partial charge < -0.3 is 5.32 Å². The van der Waals surface area contributed by atoms with Crippen molar-refractivity contribution >= 4 is 5.91 Å². The second-order valence-electron chi connectivity index (χ2n) is 4.88. The third kappa shape index (κ3) is 5.15. The largest absolute Gasteiger partial charge is 0.355 e. The maximum atomic E-state index is 11.5. The second kappa shape index (κ2) is 4.91. The molecule has 1 amide bonds. The second-order valence-corrected chi connectivity index (χ2v) is 4.88. The van der Waals surface area contributed by atoms with Crippen molar-refractivity contribution in [2.45, 2.75) is 27.2 Å². The Morgan fingerprint density at radius 2 is 2.20 bits per heavy atom. The quantitative estimate of drug-likeness (QED) is 0.819. The summed E-state index contributed by atoms with van der Waals surface area (Å²) < 4.78 is 0. The molecule has 0 unspecified atom stereocenters. The Kier molecular flexibility index (Phi) is 3.83. The van der Waals surface area contributed by atoms with Gasteiger partial charge in [-0.25, -0.2) is 0 Å². The maximum absolute atomic E-state index is 11.5. The SMILES string of the molecule is CC(C)(C)CNC(=O)Cc1cccnc1. The van der Waals surface area contributed by atoms with Gasteiger partial charge in [0, 0.05) is 18.9 Å². The van der Waals surface area contributed by atoms with Crippen LogP contribution in [-0.4, -0.2) is 17.4 Å². The standard InChI is InChI=1S/C12H18N2O/c1-12(2,3)9-14-11(15)7-10-5-4-6-13-8-10/h4-6,8H,7,9H2,1-3H3,(H,14,15). The van der Waals surface area contributed by atoms with Crippen molar-refractivity contribution in [2.75, 3.05) is 6.54 Å². The number of carbonyl (C=O) groups excluding carboxylic acids is 1. The zero-order valence-corrected chi connectivity index (χ0v) is 9.58. The molecule has 0 aliphatic carbocycles. The van der Waals surface area contributed by atoms with Crippen LogP contribution in [-0.2, 0) is 11.2 Å². The van der Waals surface area contributed by atoms with Gasteiger partial charge in [0.05, 0.1) is 6.42 Å². The van der Waals surface area contributed by atoms with E-state index >= 15 is 0 Å². The highest BCUT2D eigenvalue weighted by Crippen LogP contribution is 2.10. The fraction of sp³-hybridized carbons (Fsp3) is 0.500. The minimum absolute atomic E-state index is 0.0536. The summed E-state index contributed by atoms with van der Waals surface area (Å²) in [5.41, 5.74) is 1.08. The molecular weight excluding hydrogens is 188 g/mol. The fourth-order valence-electron chi connectivity index (χ4n) is 1.11. The van der Waals surface area contributed by atoms with Crippen LogP contribution in [0.5, 0.6) is 0 Å². The number of amides is 1. The lowest BCUT2D eigenvalue weighted by Gasteiger charge is -2.18. The van der Waals surface area contributed by atoms with Gasteiger partial charge in [0.15, 0.2) is 0 Å². The molecule has 0 bridgehead atoms. The van der Waals surface area contributed by atoms with Gasteiger partial charge in [-0.3, -0.25) is 9.78 Å². The van der Waals surface area contributed by atoms with Crippen LogP contribution in [0.15, 0.2) is 24.5 Å². The molecule has 3 nitrogen and oxygen atoms in total. The van der Waals surface area contributed by atoms with E-state index in [1.54, 1.807) is 12.4 Å². The number of pyridine rings is 1. The van der Waals surface area contributed by atoms with Crippen molar-refractivity contribution in [3.8, 4) is 0 Å². The molecule has 15 heavy (non-hydrogen) atoms. The van der Waals surface area contributed by atoms with Gasteiger partial charge in [0.25, 0.3) is 0 Å². The summed E-state index contributed by atoms with van der Waals surface area (Å²) in [4.78, 5) is 15.5. The molecule has 1 heterocycles. The Morgan fingerprint density at radius 1 is 1.47 bits per heavy atom. The zero-order valence-electron chi connectivity index (χ0n) is 9.58.